The van der Waals surface area contributed by atoms with Gasteiger partial charge in [-0.15, -0.1) is 11.8 Å². The van der Waals surface area contributed by atoms with Crippen LogP contribution in [0.3, 0.4) is 0 Å². The lowest BCUT2D eigenvalue weighted by Crippen LogP contribution is -2.38. The molecule has 0 saturated heterocycles. The van der Waals surface area contributed by atoms with Crippen molar-refractivity contribution in [2.24, 2.45) is 0 Å². The number of thioether (sulfide) groups is 1. The molecule has 0 radical (unpaired) electrons. The summed E-state index contributed by atoms with van der Waals surface area (Å²) >= 11 is 1.53. The molecule has 0 fully saturated rings. The zero-order valence-electron chi connectivity index (χ0n) is 10.4. The number of rotatable bonds is 3. The number of carbonyl (C=O) groups excluding carboxylic acids is 1. The molecule has 2 rings (SSSR count). The lowest BCUT2D eigenvalue weighted by Gasteiger charge is -2.28. The Labute approximate surface area is 110 Å². The summed E-state index contributed by atoms with van der Waals surface area (Å²) in [6, 6.07) is 4.70. The number of fused-ring (bicyclic) bond motifs is 1. The maximum absolute atomic E-state index is 13.7. The number of esters is 1. The van der Waals surface area contributed by atoms with Gasteiger partial charge in [0.25, 0.3) is 0 Å². The van der Waals surface area contributed by atoms with E-state index in [9.17, 15) is 9.18 Å². The van der Waals surface area contributed by atoms with Crippen LogP contribution >= 0.6 is 11.8 Å². The molecule has 1 unspecified atom stereocenters. The summed E-state index contributed by atoms with van der Waals surface area (Å²) in [7, 11) is 1.37. The van der Waals surface area contributed by atoms with Crippen molar-refractivity contribution in [2.45, 2.75) is 30.3 Å². The second-order valence-electron chi connectivity index (χ2n) is 4.26. The normalized spacial score (nSPS) is 20.1. The van der Waals surface area contributed by atoms with Crippen molar-refractivity contribution in [3.8, 4) is 0 Å². The van der Waals surface area contributed by atoms with Crippen LogP contribution < -0.4 is 5.32 Å². The fourth-order valence-corrected chi connectivity index (χ4v) is 3.25. The molecule has 1 aliphatic heterocycles. The van der Waals surface area contributed by atoms with Gasteiger partial charge in [0.15, 0.2) is 0 Å². The maximum atomic E-state index is 13.7. The molecule has 0 aliphatic carbocycles. The minimum Gasteiger partial charge on any atom is -0.468 e. The molecule has 1 N–H and O–H groups in total. The van der Waals surface area contributed by atoms with Crippen LogP contribution in [0, 0.1) is 5.82 Å². The summed E-state index contributed by atoms with van der Waals surface area (Å²) in [4.78, 5) is 12.1. The first-order valence-corrected chi connectivity index (χ1v) is 6.87. The van der Waals surface area contributed by atoms with E-state index in [1.165, 1.54) is 24.9 Å². The van der Waals surface area contributed by atoms with Crippen LogP contribution in [0.2, 0.25) is 0 Å². The quantitative estimate of drug-likeness (QED) is 0.856. The highest BCUT2D eigenvalue weighted by atomic mass is 32.2. The molecule has 3 nitrogen and oxygen atoms in total. The van der Waals surface area contributed by atoms with Crippen molar-refractivity contribution in [3.63, 3.8) is 0 Å². The van der Waals surface area contributed by atoms with Gasteiger partial charge in [0.05, 0.1) is 7.11 Å². The van der Waals surface area contributed by atoms with Gasteiger partial charge in [0, 0.05) is 10.9 Å². The molecule has 0 saturated carbocycles. The Kier molecular flexibility index (Phi) is 4.24. The molecule has 2 atom stereocenters. The first-order chi connectivity index (χ1) is 8.63. The topological polar surface area (TPSA) is 38.3 Å². The number of nitrogens with one attached hydrogen (secondary N) is 1. The SMILES string of the molecule is COC(=O)[C@H](C)NC1CCSc2c(F)cccc21. The summed E-state index contributed by atoms with van der Waals surface area (Å²) in [5, 5.41) is 3.20. The van der Waals surface area contributed by atoms with E-state index < -0.39 is 0 Å². The molecular weight excluding hydrogens is 253 g/mol. The molecule has 1 heterocycles. The average molecular weight is 269 g/mol. The van der Waals surface area contributed by atoms with Crippen molar-refractivity contribution in [1.29, 1.82) is 0 Å². The lowest BCUT2D eigenvalue weighted by atomic mass is 10.0. The Morgan fingerprint density at radius 3 is 3.11 bits per heavy atom. The van der Waals surface area contributed by atoms with Crippen molar-refractivity contribution in [1.82, 2.24) is 5.32 Å². The van der Waals surface area contributed by atoms with E-state index in [0.717, 1.165) is 17.7 Å². The van der Waals surface area contributed by atoms with Crippen LogP contribution in [0.25, 0.3) is 0 Å². The Balaban J connectivity index is 2.18. The summed E-state index contributed by atoms with van der Waals surface area (Å²) in [6.45, 7) is 1.76. The fraction of sp³-hybridized carbons (Fsp3) is 0.462. The highest BCUT2D eigenvalue weighted by Gasteiger charge is 2.26. The third-order valence-electron chi connectivity index (χ3n) is 3.03. The predicted octanol–water partition coefficient (Wildman–Crippen LogP) is 2.51. The van der Waals surface area contributed by atoms with Crippen LogP contribution in [0.4, 0.5) is 4.39 Å². The predicted molar refractivity (Wildman–Crippen MR) is 69.1 cm³/mol. The Morgan fingerprint density at radius 2 is 2.39 bits per heavy atom. The van der Waals surface area contributed by atoms with E-state index in [2.05, 4.69) is 10.1 Å². The lowest BCUT2D eigenvalue weighted by molar-refractivity contribution is -0.142. The third-order valence-corrected chi connectivity index (χ3v) is 4.19. The van der Waals surface area contributed by atoms with Gasteiger partial charge in [-0.3, -0.25) is 10.1 Å². The second kappa shape index (κ2) is 5.71. The van der Waals surface area contributed by atoms with E-state index in [1.54, 1.807) is 13.0 Å². The van der Waals surface area contributed by atoms with E-state index in [1.807, 2.05) is 6.07 Å². The largest absolute Gasteiger partial charge is 0.468 e. The van der Waals surface area contributed by atoms with Gasteiger partial charge in [-0.25, -0.2) is 4.39 Å². The average Bonchev–Trinajstić information content (AvgIpc) is 2.39. The van der Waals surface area contributed by atoms with Gasteiger partial charge in [-0.1, -0.05) is 12.1 Å². The van der Waals surface area contributed by atoms with Gasteiger partial charge >= 0.3 is 5.97 Å². The molecular formula is C13H16FNO2S. The molecule has 18 heavy (non-hydrogen) atoms. The van der Waals surface area contributed by atoms with Gasteiger partial charge in [0.2, 0.25) is 0 Å². The molecule has 1 aromatic rings. The molecule has 0 amide bonds. The van der Waals surface area contributed by atoms with Crippen molar-refractivity contribution in [3.05, 3.63) is 29.6 Å². The van der Waals surface area contributed by atoms with E-state index in [-0.39, 0.29) is 23.9 Å². The number of ether oxygens (including phenoxy) is 1. The first-order valence-electron chi connectivity index (χ1n) is 5.88. The molecule has 1 aliphatic rings. The van der Waals surface area contributed by atoms with Crippen LogP contribution in [-0.4, -0.2) is 24.9 Å². The van der Waals surface area contributed by atoms with Gasteiger partial charge in [-0.2, -0.15) is 0 Å². The Bertz CT molecular complexity index is 453. The van der Waals surface area contributed by atoms with Crippen LogP contribution in [0.15, 0.2) is 23.1 Å². The standard InChI is InChI=1S/C13H16FNO2S/c1-8(13(16)17-2)15-11-6-7-18-12-9(11)4-3-5-10(12)14/h3-5,8,11,15H,6-7H2,1-2H3/t8-,11?/m0/s1. The zero-order valence-corrected chi connectivity index (χ0v) is 11.2. The van der Waals surface area contributed by atoms with Crippen LogP contribution in [-0.2, 0) is 9.53 Å². The fourth-order valence-electron chi connectivity index (χ4n) is 2.11. The molecule has 5 heteroatoms. The second-order valence-corrected chi connectivity index (χ2v) is 5.36. The molecule has 0 spiro atoms. The van der Waals surface area contributed by atoms with Crippen molar-refractivity contribution in [2.75, 3.05) is 12.9 Å². The minimum atomic E-state index is -0.390. The molecule has 1 aromatic carbocycles. The Morgan fingerprint density at radius 1 is 1.61 bits per heavy atom. The molecule has 0 bridgehead atoms. The molecule has 0 aromatic heterocycles. The Hall–Kier alpha value is -1.07. The van der Waals surface area contributed by atoms with Crippen molar-refractivity contribution < 1.29 is 13.9 Å². The summed E-state index contributed by atoms with van der Waals surface area (Å²) in [5.74, 6) is 0.361. The van der Waals surface area contributed by atoms with Crippen LogP contribution in [0.5, 0.6) is 0 Å². The molecule has 98 valence electrons. The van der Waals surface area contributed by atoms with Gasteiger partial charge < -0.3 is 4.74 Å². The number of methoxy groups -OCH3 is 1. The summed E-state index contributed by atoms with van der Waals surface area (Å²) < 4.78 is 18.4. The van der Waals surface area contributed by atoms with Gasteiger partial charge in [0.1, 0.15) is 11.9 Å². The third kappa shape index (κ3) is 2.67. The monoisotopic (exact) mass is 269 g/mol. The number of hydrogen-bond donors (Lipinski definition) is 1. The number of halogens is 1. The van der Waals surface area contributed by atoms with E-state index in [0.29, 0.717) is 4.90 Å². The first kappa shape index (κ1) is 13.4. The highest BCUT2D eigenvalue weighted by molar-refractivity contribution is 7.99. The summed E-state index contributed by atoms with van der Waals surface area (Å²) in [5.41, 5.74) is 0.932. The number of carbonyl (C=O) groups is 1. The van der Waals surface area contributed by atoms with Crippen molar-refractivity contribution >= 4 is 17.7 Å². The van der Waals surface area contributed by atoms with E-state index >= 15 is 0 Å². The van der Waals surface area contributed by atoms with Crippen LogP contribution in [0.1, 0.15) is 24.9 Å². The zero-order chi connectivity index (χ0) is 13.1. The minimum absolute atomic E-state index is 0.00560. The summed E-state index contributed by atoms with van der Waals surface area (Å²) in [6.07, 6.45) is 0.877. The smallest absolute Gasteiger partial charge is 0.322 e. The number of benzene rings is 1. The van der Waals surface area contributed by atoms with E-state index in [4.69, 9.17) is 0 Å². The van der Waals surface area contributed by atoms with Gasteiger partial charge in [-0.05, 0) is 30.7 Å². The maximum Gasteiger partial charge on any atom is 0.322 e. The highest BCUT2D eigenvalue weighted by Crippen LogP contribution is 2.37. The number of hydrogen-bond acceptors (Lipinski definition) is 4.